The molecule has 0 aliphatic heterocycles. The summed E-state index contributed by atoms with van der Waals surface area (Å²) in [6, 6.07) is 10.8. The summed E-state index contributed by atoms with van der Waals surface area (Å²) in [6.07, 6.45) is 2.62. The zero-order chi connectivity index (χ0) is 15.0. The van der Waals surface area contributed by atoms with Gasteiger partial charge in [-0.25, -0.2) is 13.1 Å². The molecule has 0 unspecified atom stereocenters. The van der Waals surface area contributed by atoms with Crippen LogP contribution in [0.1, 0.15) is 6.42 Å². The summed E-state index contributed by atoms with van der Waals surface area (Å²) < 4.78 is 27.6. The Morgan fingerprint density at radius 1 is 1.24 bits per heavy atom. The van der Waals surface area contributed by atoms with Crippen molar-refractivity contribution in [2.45, 2.75) is 16.7 Å². The number of hydrogen-bond donors (Lipinski definition) is 1. The molecule has 1 aromatic carbocycles. The summed E-state index contributed by atoms with van der Waals surface area (Å²) in [5, 5.41) is 0.661. The topological polar surface area (TPSA) is 46.2 Å². The zero-order valence-electron chi connectivity index (χ0n) is 11.1. The van der Waals surface area contributed by atoms with Crippen LogP contribution in [0.2, 0.25) is 5.02 Å². The van der Waals surface area contributed by atoms with Gasteiger partial charge in [0, 0.05) is 15.9 Å². The van der Waals surface area contributed by atoms with Crippen molar-refractivity contribution in [3.63, 3.8) is 0 Å². The SMILES string of the molecule is C=C[C@@H]1C[C@H]1NS(=O)(=O)c1ccc(-c2ccc(Cl)cc2)s1. The van der Waals surface area contributed by atoms with Crippen LogP contribution >= 0.6 is 22.9 Å². The van der Waals surface area contributed by atoms with Crippen LogP contribution < -0.4 is 4.72 Å². The van der Waals surface area contributed by atoms with Crippen molar-refractivity contribution in [2.75, 3.05) is 0 Å². The van der Waals surface area contributed by atoms with Crippen LogP contribution in [-0.4, -0.2) is 14.5 Å². The van der Waals surface area contributed by atoms with E-state index in [2.05, 4.69) is 11.3 Å². The third-order valence-electron chi connectivity index (χ3n) is 3.42. The van der Waals surface area contributed by atoms with E-state index in [1.54, 1.807) is 24.3 Å². The fourth-order valence-corrected chi connectivity index (χ4v) is 4.86. The average Bonchev–Trinajstić information content (AvgIpc) is 2.99. The van der Waals surface area contributed by atoms with Gasteiger partial charge in [-0.15, -0.1) is 17.9 Å². The van der Waals surface area contributed by atoms with Crippen LogP contribution in [-0.2, 0) is 10.0 Å². The van der Waals surface area contributed by atoms with Gasteiger partial charge in [-0.3, -0.25) is 0 Å². The van der Waals surface area contributed by atoms with Gasteiger partial charge in [0.2, 0.25) is 10.0 Å². The molecule has 1 saturated carbocycles. The van der Waals surface area contributed by atoms with E-state index in [1.165, 1.54) is 11.3 Å². The smallest absolute Gasteiger partial charge is 0.207 e. The molecular formula is C15H14ClNO2S2. The van der Waals surface area contributed by atoms with E-state index in [0.717, 1.165) is 16.9 Å². The van der Waals surface area contributed by atoms with Crippen molar-refractivity contribution in [3.8, 4) is 10.4 Å². The van der Waals surface area contributed by atoms with Crippen LogP contribution in [0.5, 0.6) is 0 Å². The van der Waals surface area contributed by atoms with E-state index in [9.17, 15) is 8.42 Å². The van der Waals surface area contributed by atoms with E-state index in [0.29, 0.717) is 9.23 Å². The van der Waals surface area contributed by atoms with Crippen LogP contribution in [0, 0.1) is 5.92 Å². The molecule has 0 amide bonds. The molecule has 0 bridgehead atoms. The van der Waals surface area contributed by atoms with Crippen molar-refractivity contribution in [2.24, 2.45) is 5.92 Å². The third kappa shape index (κ3) is 3.21. The van der Waals surface area contributed by atoms with E-state index in [1.807, 2.05) is 18.2 Å². The first kappa shape index (κ1) is 14.8. The first-order valence-corrected chi connectivity index (χ1v) is 9.18. The van der Waals surface area contributed by atoms with Crippen molar-refractivity contribution >= 4 is 33.0 Å². The quantitative estimate of drug-likeness (QED) is 0.839. The number of hydrogen-bond acceptors (Lipinski definition) is 3. The van der Waals surface area contributed by atoms with E-state index in [-0.39, 0.29) is 12.0 Å². The monoisotopic (exact) mass is 339 g/mol. The highest BCUT2D eigenvalue weighted by Crippen LogP contribution is 2.35. The number of benzene rings is 1. The summed E-state index contributed by atoms with van der Waals surface area (Å²) in [5.74, 6) is 0.260. The highest BCUT2D eigenvalue weighted by atomic mass is 35.5. The number of sulfonamides is 1. The predicted molar refractivity (Wildman–Crippen MR) is 87.2 cm³/mol. The summed E-state index contributed by atoms with van der Waals surface area (Å²) in [4.78, 5) is 0.906. The van der Waals surface area contributed by atoms with Gasteiger partial charge in [0.1, 0.15) is 4.21 Å². The van der Waals surface area contributed by atoms with Gasteiger partial charge >= 0.3 is 0 Å². The standard InChI is InChI=1S/C15H14ClNO2S2/c1-2-10-9-13(10)17-21(18,19)15-8-7-14(20-15)11-3-5-12(16)6-4-11/h2-8,10,13,17H,1,9H2/t10-,13-/m1/s1. The maximum absolute atomic E-state index is 12.3. The molecule has 2 aromatic rings. The third-order valence-corrected chi connectivity index (χ3v) is 6.79. The first-order valence-electron chi connectivity index (χ1n) is 6.50. The molecule has 6 heteroatoms. The lowest BCUT2D eigenvalue weighted by Gasteiger charge is -2.02. The van der Waals surface area contributed by atoms with E-state index in [4.69, 9.17) is 11.6 Å². The Kier molecular flexibility index (Phi) is 3.92. The van der Waals surface area contributed by atoms with Crippen molar-refractivity contribution in [1.29, 1.82) is 0 Å². The van der Waals surface area contributed by atoms with Crippen molar-refractivity contribution in [1.82, 2.24) is 4.72 Å². The largest absolute Gasteiger partial charge is 0.250 e. The highest BCUT2D eigenvalue weighted by molar-refractivity contribution is 7.91. The van der Waals surface area contributed by atoms with Gasteiger partial charge in [-0.2, -0.15) is 0 Å². The van der Waals surface area contributed by atoms with Gasteiger partial charge in [-0.1, -0.05) is 29.8 Å². The Morgan fingerprint density at radius 2 is 1.95 bits per heavy atom. The lowest BCUT2D eigenvalue weighted by Crippen LogP contribution is -2.26. The van der Waals surface area contributed by atoms with Crippen LogP contribution in [0.4, 0.5) is 0 Å². The molecule has 0 saturated heterocycles. The van der Waals surface area contributed by atoms with Gasteiger partial charge < -0.3 is 0 Å². The molecule has 1 aliphatic carbocycles. The van der Waals surface area contributed by atoms with Gasteiger partial charge in [0.25, 0.3) is 0 Å². The normalized spacial score (nSPS) is 21.2. The Bertz CT molecular complexity index is 765. The number of halogens is 1. The van der Waals surface area contributed by atoms with E-state index >= 15 is 0 Å². The molecule has 0 spiro atoms. The maximum atomic E-state index is 12.3. The summed E-state index contributed by atoms with van der Waals surface area (Å²) >= 11 is 7.12. The van der Waals surface area contributed by atoms with E-state index < -0.39 is 10.0 Å². The zero-order valence-corrected chi connectivity index (χ0v) is 13.5. The first-order chi connectivity index (χ1) is 9.99. The maximum Gasteiger partial charge on any atom is 0.250 e. The number of nitrogens with one attached hydrogen (secondary N) is 1. The van der Waals surface area contributed by atoms with Crippen molar-refractivity contribution in [3.05, 3.63) is 54.1 Å². The molecular weight excluding hydrogens is 326 g/mol. The van der Waals surface area contributed by atoms with Gasteiger partial charge in [0.15, 0.2) is 0 Å². The minimum absolute atomic E-state index is 0.00594. The van der Waals surface area contributed by atoms with Crippen LogP contribution in [0.3, 0.4) is 0 Å². The second-order valence-corrected chi connectivity index (χ2v) is 8.45. The average molecular weight is 340 g/mol. The second-order valence-electron chi connectivity index (χ2n) is 4.99. The van der Waals surface area contributed by atoms with Gasteiger partial charge in [0.05, 0.1) is 0 Å². The highest BCUT2D eigenvalue weighted by Gasteiger charge is 2.38. The van der Waals surface area contributed by atoms with Crippen molar-refractivity contribution < 1.29 is 8.42 Å². The molecule has 21 heavy (non-hydrogen) atoms. The Hall–Kier alpha value is -1.14. The molecule has 3 rings (SSSR count). The Labute approximate surface area is 133 Å². The minimum atomic E-state index is -3.44. The summed E-state index contributed by atoms with van der Waals surface area (Å²) in [6.45, 7) is 3.68. The summed E-state index contributed by atoms with van der Waals surface area (Å²) in [7, 11) is -3.44. The fraction of sp³-hybridized carbons (Fsp3) is 0.200. The second kappa shape index (κ2) is 5.57. The lowest BCUT2D eigenvalue weighted by molar-refractivity contribution is 0.581. The summed E-state index contributed by atoms with van der Waals surface area (Å²) in [5.41, 5.74) is 0.959. The molecule has 1 aliphatic rings. The Balaban J connectivity index is 1.81. The molecule has 1 N–H and O–H groups in total. The van der Waals surface area contributed by atoms with Crippen LogP contribution in [0.15, 0.2) is 53.3 Å². The molecule has 2 atom stereocenters. The minimum Gasteiger partial charge on any atom is -0.207 e. The van der Waals surface area contributed by atoms with Crippen LogP contribution in [0.25, 0.3) is 10.4 Å². The molecule has 3 nitrogen and oxygen atoms in total. The molecule has 1 heterocycles. The molecule has 1 aromatic heterocycles. The Morgan fingerprint density at radius 3 is 2.57 bits per heavy atom. The predicted octanol–water partition coefficient (Wildman–Crippen LogP) is 3.92. The molecule has 1 fully saturated rings. The number of rotatable bonds is 5. The van der Waals surface area contributed by atoms with Gasteiger partial charge in [-0.05, 0) is 42.2 Å². The number of thiophene rings is 1. The lowest BCUT2D eigenvalue weighted by atomic mass is 10.2. The molecule has 110 valence electrons. The fourth-order valence-electron chi connectivity index (χ4n) is 2.10. The molecule has 0 radical (unpaired) electrons.